The third-order valence-electron chi connectivity index (χ3n) is 17.9. The first kappa shape index (κ1) is 80.7. The number of unbranched alkanes of at least 4 members (excludes halogenated alkanes) is 15. The number of nitrogens with zero attached hydrogens (tertiary/aromatic N) is 6. The zero-order valence-electron chi connectivity index (χ0n) is 58.4. The number of aliphatic carboxylic acids is 1. The molecule has 0 unspecified atom stereocenters. The van der Waals surface area contributed by atoms with Crippen LogP contribution in [0.25, 0.3) is 16.7 Å². The van der Waals surface area contributed by atoms with E-state index >= 15 is 0 Å². The summed E-state index contributed by atoms with van der Waals surface area (Å²) in [5.41, 5.74) is 9.32. The molecule has 0 aliphatic carbocycles. The lowest BCUT2D eigenvalue weighted by atomic mass is 10.1. The molecular weight excluding hydrogens is 1610 g/mol. The van der Waals surface area contributed by atoms with E-state index in [1.807, 2.05) is 146 Å². The van der Waals surface area contributed by atoms with Gasteiger partial charge in [-0.2, -0.15) is 0 Å². The molecule has 6 aromatic carbocycles. The average Bonchev–Trinajstić information content (AvgIpc) is 1.61. The van der Waals surface area contributed by atoms with Gasteiger partial charge in [-0.3, -0.25) is 48.3 Å². The van der Waals surface area contributed by atoms with Crippen LogP contribution in [-0.4, -0.2) is 93.8 Å². The largest absolute Gasteiger partial charge is 0.481 e. The third-order valence-corrected chi connectivity index (χ3v) is 23.7. The zero-order valence-corrected chi connectivity index (χ0v) is 68.1. The van der Waals surface area contributed by atoms with Gasteiger partial charge in [0, 0.05) is 56.7 Å². The Bertz CT molecular complexity index is 3830. The number of amides is 6. The second kappa shape index (κ2) is 39.8. The minimum absolute atomic E-state index is 0.144. The Labute approximate surface area is 659 Å². The van der Waals surface area contributed by atoms with Crippen molar-refractivity contribution in [3.05, 3.63) is 207 Å². The Morgan fingerprint density at radius 3 is 0.825 bits per heavy atom. The minimum Gasteiger partial charge on any atom is -0.481 e. The number of hydrogen-bond acceptors (Lipinski definition) is 13. The van der Waals surface area contributed by atoms with E-state index < -0.39 is 5.97 Å². The lowest BCUT2D eigenvalue weighted by Crippen LogP contribution is -2.30. The topological polar surface area (TPSA) is 159 Å². The minimum atomic E-state index is -0.833. The molecule has 0 spiro atoms. The van der Waals surface area contributed by atoms with Gasteiger partial charge in [-0.05, 0) is 90.6 Å². The zero-order chi connectivity index (χ0) is 73.7. The number of carbonyl (C=O) groups excluding carboxylic acids is 6. The number of carbonyl (C=O) groups is 7. The van der Waals surface area contributed by atoms with Crippen molar-refractivity contribution in [1.82, 2.24) is 14.7 Å². The number of halogens is 3. The second-order valence-corrected chi connectivity index (χ2v) is 33.2. The van der Waals surface area contributed by atoms with E-state index in [0.29, 0.717) is 83.7 Å². The first-order valence-electron chi connectivity index (χ1n) is 35.3. The summed E-state index contributed by atoms with van der Waals surface area (Å²) in [6, 6.07) is 47.0. The number of carboxylic acids is 1. The molecule has 0 atom stereocenters. The molecule has 6 aliphatic rings. The van der Waals surface area contributed by atoms with Crippen LogP contribution in [0.4, 0.5) is 17.1 Å². The number of benzene rings is 6. The fraction of sp³-hybridized carbons (Fsp3) is 0.350. The third kappa shape index (κ3) is 20.8. The average molecular weight is 1690 g/mol. The summed E-state index contributed by atoms with van der Waals surface area (Å²) >= 11 is 31.0. The van der Waals surface area contributed by atoms with Gasteiger partial charge in [-0.15, -0.1) is 0 Å². The van der Waals surface area contributed by atoms with Crippen LogP contribution in [0.2, 0.25) is 0 Å². The fourth-order valence-corrected chi connectivity index (χ4v) is 17.9. The summed E-state index contributed by atoms with van der Waals surface area (Å²) in [4.78, 5) is 102. The number of fused-ring (bicyclic) bond motifs is 3. The molecule has 6 amide bonds. The van der Waals surface area contributed by atoms with E-state index in [4.69, 9.17) is 46.6 Å². The highest BCUT2D eigenvalue weighted by atomic mass is 79.9. The van der Waals surface area contributed by atoms with E-state index in [9.17, 15) is 28.8 Å². The molecule has 6 aromatic rings. The highest BCUT2D eigenvalue weighted by molar-refractivity contribution is 9.11. The Balaban J connectivity index is 0.000000175. The highest BCUT2D eigenvalue weighted by Crippen LogP contribution is 2.50. The Kier molecular flexibility index (Phi) is 31.2. The molecular formula is C80H85Br3N6O8S6. The van der Waals surface area contributed by atoms with E-state index in [0.717, 1.165) is 109 Å². The molecule has 6 heterocycles. The monoisotopic (exact) mass is 1690 g/mol. The van der Waals surface area contributed by atoms with Crippen LogP contribution in [0.5, 0.6) is 0 Å². The molecule has 0 radical (unpaired) electrons. The summed E-state index contributed by atoms with van der Waals surface area (Å²) < 4.78 is 4.24. The molecule has 103 heavy (non-hydrogen) atoms. The van der Waals surface area contributed by atoms with Crippen molar-refractivity contribution >= 4 is 208 Å². The number of thiocarbonyl (C=S) groups is 3. The van der Waals surface area contributed by atoms with Crippen LogP contribution in [-0.2, 0) is 53.2 Å². The van der Waals surface area contributed by atoms with Crippen LogP contribution in [0.15, 0.2) is 174 Å². The van der Waals surface area contributed by atoms with Gasteiger partial charge >= 0.3 is 0 Å². The number of carboxylic acid groups (broad SMARTS) is 1. The van der Waals surface area contributed by atoms with Gasteiger partial charge in [0.25, 0.3) is 41.4 Å². The van der Waals surface area contributed by atoms with Crippen molar-refractivity contribution in [2.75, 3.05) is 34.3 Å². The fourth-order valence-electron chi connectivity index (χ4n) is 12.7. The standard InChI is InChI=1S/3C26H27BrN2O2S2.C2H4O2/c3*1-2-3-4-5-6-10-15-28-25(31)23(33-26(28)32)22-20-16-19(27)13-14-21(20)29(24(22)30)17-18-11-8-7-9-12-18;1-2(3)4/h3*7-9,11-14,16H,2-6,10,15,17H2,1H3;1H3,(H,3,4)/b3*23-22-;. The number of hydrogen-bond donors (Lipinski definition) is 1. The van der Waals surface area contributed by atoms with E-state index in [2.05, 4.69) is 68.6 Å². The lowest BCUT2D eigenvalue weighted by Gasteiger charge is -2.17. The first-order valence-corrected chi connectivity index (χ1v) is 41.3. The summed E-state index contributed by atoms with van der Waals surface area (Å²) in [7, 11) is 0. The molecule has 3 saturated heterocycles. The van der Waals surface area contributed by atoms with E-state index in [1.54, 1.807) is 29.4 Å². The van der Waals surface area contributed by atoms with Gasteiger partial charge in [0.2, 0.25) is 0 Å². The summed E-state index contributed by atoms with van der Waals surface area (Å²) in [5.74, 6) is -1.70. The van der Waals surface area contributed by atoms with Crippen LogP contribution < -0.4 is 14.7 Å². The predicted octanol–water partition coefficient (Wildman–Crippen LogP) is 20.9. The smallest absolute Gasteiger partial charge is 0.300 e. The molecule has 3 fully saturated rings. The van der Waals surface area contributed by atoms with Crippen LogP contribution in [0.3, 0.4) is 0 Å². The highest BCUT2D eigenvalue weighted by Gasteiger charge is 2.45. The van der Waals surface area contributed by atoms with Gasteiger partial charge in [0.15, 0.2) is 0 Å². The van der Waals surface area contributed by atoms with Crippen LogP contribution in [0.1, 0.15) is 177 Å². The van der Waals surface area contributed by atoms with E-state index in [-0.39, 0.29) is 35.4 Å². The molecule has 0 aromatic heterocycles. The summed E-state index contributed by atoms with van der Waals surface area (Å²) in [6.45, 7) is 10.9. The van der Waals surface area contributed by atoms with Crippen LogP contribution in [0, 0.1) is 0 Å². The molecule has 0 saturated carbocycles. The predicted molar refractivity (Wildman–Crippen MR) is 445 cm³/mol. The molecule has 1 N–H and O–H groups in total. The van der Waals surface area contributed by atoms with Gasteiger partial charge in [-0.1, -0.05) is 328 Å². The second-order valence-electron chi connectivity index (χ2n) is 25.5. The maximum atomic E-state index is 13.6. The van der Waals surface area contributed by atoms with Gasteiger partial charge in [0.1, 0.15) is 13.0 Å². The van der Waals surface area contributed by atoms with Gasteiger partial charge < -0.3 is 19.8 Å². The molecule has 0 bridgehead atoms. The Morgan fingerprint density at radius 2 is 0.583 bits per heavy atom. The number of thioether (sulfide) groups is 3. The number of rotatable bonds is 27. The maximum Gasteiger partial charge on any atom is 0.300 e. The van der Waals surface area contributed by atoms with Crippen molar-refractivity contribution in [1.29, 1.82) is 0 Å². The molecule has 12 rings (SSSR count). The van der Waals surface area contributed by atoms with Crippen molar-refractivity contribution in [3.8, 4) is 0 Å². The summed E-state index contributed by atoms with van der Waals surface area (Å²) in [6.07, 6.45) is 20.7. The Hall–Kier alpha value is -6.41. The molecule has 540 valence electrons. The molecule has 14 nitrogen and oxygen atoms in total. The maximum absolute atomic E-state index is 13.6. The molecule has 23 heteroatoms. The van der Waals surface area contributed by atoms with Gasteiger partial charge in [0.05, 0.1) is 68.1 Å². The SMILES string of the molecule is CC(=O)O.CCCCCCCCN1C(=O)/C(=C2/C(=O)N(Cc3ccccc3)c3ccc(Br)cc32)SC1=S.CCCCCCCCN1C(=O)/C(=C2/C(=O)N(Cc3ccccc3)c3ccc(Br)cc32)SC1=S.CCCCCCCCN1C(=O)/C(=C2/C(=O)N(Cc3ccccc3)c3ccc(Br)cc32)SC1=S. The lowest BCUT2D eigenvalue weighted by molar-refractivity contribution is -0.134. The quantitative estimate of drug-likeness (QED) is 0.0295. The van der Waals surface area contributed by atoms with Gasteiger partial charge in [-0.25, -0.2) is 0 Å². The Morgan fingerprint density at radius 1 is 0.350 bits per heavy atom. The molecule has 6 aliphatic heterocycles. The van der Waals surface area contributed by atoms with Crippen molar-refractivity contribution in [3.63, 3.8) is 0 Å². The normalized spacial score (nSPS) is 17.5. The van der Waals surface area contributed by atoms with Crippen LogP contribution >= 0.6 is 120 Å². The van der Waals surface area contributed by atoms with Crippen molar-refractivity contribution < 1.29 is 38.7 Å². The first-order chi connectivity index (χ1) is 49.8. The summed E-state index contributed by atoms with van der Waals surface area (Å²) in [5, 5.41) is 7.42. The van der Waals surface area contributed by atoms with E-state index in [1.165, 1.54) is 112 Å². The number of anilines is 3. The van der Waals surface area contributed by atoms with Crippen molar-refractivity contribution in [2.24, 2.45) is 0 Å². The van der Waals surface area contributed by atoms with Crippen molar-refractivity contribution in [2.45, 2.75) is 163 Å².